The number of aromatic nitrogens is 4. The molecule has 0 spiro atoms. The molecule has 0 fully saturated rings. The van der Waals surface area contributed by atoms with Gasteiger partial charge in [0, 0.05) is 17.3 Å². The summed E-state index contributed by atoms with van der Waals surface area (Å²) < 4.78 is 13.5. The van der Waals surface area contributed by atoms with Crippen LogP contribution >= 0.6 is 11.3 Å². The molecule has 5 aromatic rings. The van der Waals surface area contributed by atoms with Crippen molar-refractivity contribution in [3.8, 4) is 22.5 Å². The van der Waals surface area contributed by atoms with E-state index in [9.17, 15) is 4.39 Å². The quantitative estimate of drug-likeness (QED) is 0.340. The average Bonchev–Trinajstić information content (AvgIpc) is 3.18. The Morgan fingerprint density at radius 3 is 2.50 bits per heavy atom. The third-order valence-electron chi connectivity index (χ3n) is 5.19. The third-order valence-corrected chi connectivity index (χ3v) is 6.07. The van der Waals surface area contributed by atoms with Crippen LogP contribution in [0.2, 0.25) is 0 Å². The van der Waals surface area contributed by atoms with Crippen molar-refractivity contribution in [1.82, 2.24) is 19.9 Å². The summed E-state index contributed by atoms with van der Waals surface area (Å²) >= 11 is 1.54. The van der Waals surface area contributed by atoms with Crippen molar-refractivity contribution in [2.24, 2.45) is 0 Å². The molecule has 1 N–H and O–H groups in total. The van der Waals surface area contributed by atoms with Crippen molar-refractivity contribution in [3.63, 3.8) is 0 Å². The van der Waals surface area contributed by atoms with Crippen LogP contribution < -0.4 is 5.32 Å². The lowest BCUT2D eigenvalue weighted by Gasteiger charge is -2.15. The number of fused-ring (bicyclic) bond motifs is 1. The average molecular weight is 442 g/mol. The number of hydrogen-bond donors (Lipinski definition) is 1. The maximum Gasteiger partial charge on any atom is 0.223 e. The summed E-state index contributed by atoms with van der Waals surface area (Å²) in [6.07, 6.45) is 1.73. The second-order valence-electron chi connectivity index (χ2n) is 7.49. The molecule has 1 atom stereocenters. The van der Waals surface area contributed by atoms with Crippen LogP contribution in [0.15, 0.2) is 72.9 Å². The normalized spacial score (nSPS) is 12.1. The zero-order valence-corrected chi connectivity index (χ0v) is 18.4. The first-order valence-corrected chi connectivity index (χ1v) is 11.1. The predicted molar refractivity (Wildman–Crippen MR) is 127 cm³/mol. The lowest BCUT2D eigenvalue weighted by atomic mass is 10.0. The van der Waals surface area contributed by atoms with Gasteiger partial charge >= 0.3 is 0 Å². The largest absolute Gasteiger partial charge is 0.348 e. The highest BCUT2D eigenvalue weighted by atomic mass is 32.1. The number of nitrogens with one attached hydrogen (secondary N) is 1. The summed E-state index contributed by atoms with van der Waals surface area (Å²) in [5.74, 6) is 0.242. The maximum atomic E-state index is 13.5. The fourth-order valence-electron chi connectivity index (χ4n) is 3.59. The summed E-state index contributed by atoms with van der Waals surface area (Å²) in [6, 6.07) is 20.4. The Kier molecular flexibility index (Phi) is 5.33. The second-order valence-corrected chi connectivity index (χ2v) is 8.67. The minimum atomic E-state index is -0.284. The van der Waals surface area contributed by atoms with Crippen molar-refractivity contribution in [2.45, 2.75) is 19.9 Å². The molecule has 0 aliphatic rings. The van der Waals surface area contributed by atoms with E-state index >= 15 is 0 Å². The van der Waals surface area contributed by atoms with Gasteiger partial charge in [-0.15, -0.1) is 0 Å². The van der Waals surface area contributed by atoms with Gasteiger partial charge in [-0.3, -0.25) is 0 Å². The van der Waals surface area contributed by atoms with E-state index in [1.165, 1.54) is 23.5 Å². The fourth-order valence-corrected chi connectivity index (χ4v) is 4.36. The van der Waals surface area contributed by atoms with Gasteiger partial charge in [0.1, 0.15) is 16.2 Å². The lowest BCUT2D eigenvalue weighted by Crippen LogP contribution is -2.09. The first kappa shape index (κ1) is 20.2. The molecule has 0 aliphatic heterocycles. The van der Waals surface area contributed by atoms with E-state index in [0.717, 1.165) is 43.4 Å². The molecule has 0 saturated heterocycles. The first-order valence-electron chi connectivity index (χ1n) is 10.3. The van der Waals surface area contributed by atoms with E-state index in [2.05, 4.69) is 34.3 Å². The Hall–Kier alpha value is -3.71. The number of nitrogens with zero attached hydrogens (tertiary/aromatic N) is 4. The van der Waals surface area contributed by atoms with Gasteiger partial charge in [-0.05, 0) is 55.8 Å². The standard InChI is InChI=1S/C25H20FN5S/c1-15(17-6-4-3-5-7-17)28-25-27-13-12-21(30-25)20-14-22-24(32-16(2)29-22)31-23(20)18-8-10-19(26)11-9-18/h3-15H,1-2H3,(H,27,28,30). The van der Waals surface area contributed by atoms with Crippen molar-refractivity contribution in [1.29, 1.82) is 0 Å². The van der Waals surface area contributed by atoms with E-state index in [4.69, 9.17) is 9.97 Å². The van der Waals surface area contributed by atoms with Crippen LogP contribution in [0.5, 0.6) is 0 Å². The Labute approximate surface area is 189 Å². The molecule has 3 heterocycles. The summed E-state index contributed by atoms with van der Waals surface area (Å²) in [5.41, 5.74) is 5.07. The zero-order chi connectivity index (χ0) is 22.1. The van der Waals surface area contributed by atoms with Crippen molar-refractivity contribution in [3.05, 3.63) is 89.3 Å². The highest BCUT2D eigenvalue weighted by Crippen LogP contribution is 2.34. The summed E-state index contributed by atoms with van der Waals surface area (Å²) in [7, 11) is 0. The molecule has 0 amide bonds. The van der Waals surface area contributed by atoms with E-state index in [-0.39, 0.29) is 11.9 Å². The summed E-state index contributed by atoms with van der Waals surface area (Å²) in [5, 5.41) is 4.31. The van der Waals surface area contributed by atoms with Crippen LogP contribution in [0.3, 0.4) is 0 Å². The third kappa shape index (κ3) is 4.07. The molecule has 32 heavy (non-hydrogen) atoms. The molecular weight excluding hydrogens is 421 g/mol. The number of anilines is 1. The van der Waals surface area contributed by atoms with Gasteiger partial charge in [0.25, 0.3) is 0 Å². The maximum absolute atomic E-state index is 13.5. The molecule has 2 aromatic carbocycles. The summed E-state index contributed by atoms with van der Waals surface area (Å²) in [4.78, 5) is 19.5. The van der Waals surface area contributed by atoms with Crippen LogP contribution in [0.4, 0.5) is 10.3 Å². The smallest absolute Gasteiger partial charge is 0.223 e. The van der Waals surface area contributed by atoms with Crippen LogP contribution in [0.1, 0.15) is 23.5 Å². The van der Waals surface area contributed by atoms with Gasteiger partial charge in [0.2, 0.25) is 5.95 Å². The first-order chi connectivity index (χ1) is 15.6. The highest BCUT2D eigenvalue weighted by Gasteiger charge is 2.16. The summed E-state index contributed by atoms with van der Waals surface area (Å²) in [6.45, 7) is 4.03. The molecular formula is C25H20FN5S. The van der Waals surface area contributed by atoms with E-state index < -0.39 is 0 Å². The predicted octanol–water partition coefficient (Wildman–Crippen LogP) is 6.44. The van der Waals surface area contributed by atoms with Crippen molar-refractivity contribution in [2.75, 3.05) is 5.32 Å². The van der Waals surface area contributed by atoms with Gasteiger partial charge in [-0.2, -0.15) is 0 Å². The Bertz CT molecular complexity index is 1380. The molecule has 1 unspecified atom stereocenters. The Morgan fingerprint density at radius 1 is 0.938 bits per heavy atom. The molecule has 7 heteroatoms. The second kappa shape index (κ2) is 8.43. The van der Waals surface area contributed by atoms with Crippen LogP contribution in [-0.4, -0.2) is 19.9 Å². The zero-order valence-electron chi connectivity index (χ0n) is 17.6. The Balaban J connectivity index is 1.58. The minimum Gasteiger partial charge on any atom is -0.348 e. The number of benzene rings is 2. The fraction of sp³-hybridized carbons (Fsp3) is 0.120. The lowest BCUT2D eigenvalue weighted by molar-refractivity contribution is 0.628. The van der Waals surface area contributed by atoms with Crippen LogP contribution in [0.25, 0.3) is 32.9 Å². The Morgan fingerprint density at radius 2 is 1.72 bits per heavy atom. The van der Waals surface area contributed by atoms with E-state index in [1.807, 2.05) is 37.3 Å². The number of pyridine rings is 1. The van der Waals surface area contributed by atoms with Crippen molar-refractivity contribution < 1.29 is 4.39 Å². The number of thiazole rings is 1. The molecule has 3 aromatic heterocycles. The van der Waals surface area contributed by atoms with Gasteiger partial charge in [-0.1, -0.05) is 41.7 Å². The van der Waals surface area contributed by atoms with E-state index in [0.29, 0.717) is 5.95 Å². The monoisotopic (exact) mass is 441 g/mol. The molecule has 0 bridgehead atoms. The molecule has 5 rings (SSSR count). The van der Waals surface area contributed by atoms with Gasteiger partial charge in [0.05, 0.1) is 22.4 Å². The number of halogens is 1. The minimum absolute atomic E-state index is 0.0461. The van der Waals surface area contributed by atoms with Gasteiger partial charge in [0.15, 0.2) is 0 Å². The molecule has 0 saturated carbocycles. The molecule has 158 valence electrons. The van der Waals surface area contributed by atoms with Crippen molar-refractivity contribution >= 4 is 27.6 Å². The van der Waals surface area contributed by atoms with Gasteiger partial charge in [-0.25, -0.2) is 24.3 Å². The molecule has 0 aliphatic carbocycles. The van der Waals surface area contributed by atoms with Gasteiger partial charge < -0.3 is 5.32 Å². The van der Waals surface area contributed by atoms with E-state index in [1.54, 1.807) is 18.3 Å². The molecule has 5 nitrogen and oxygen atoms in total. The topological polar surface area (TPSA) is 63.6 Å². The number of rotatable bonds is 5. The highest BCUT2D eigenvalue weighted by molar-refractivity contribution is 7.18. The molecule has 0 radical (unpaired) electrons. The number of aryl methyl sites for hydroxylation is 1. The number of hydrogen-bond acceptors (Lipinski definition) is 6. The van der Waals surface area contributed by atoms with Crippen LogP contribution in [-0.2, 0) is 0 Å². The SMILES string of the molecule is Cc1nc2cc(-c3ccnc(NC(C)c4ccccc4)n3)c(-c3ccc(F)cc3)nc2s1. The van der Waals surface area contributed by atoms with Crippen LogP contribution in [0, 0.1) is 12.7 Å².